The second kappa shape index (κ2) is 6.30. The van der Waals surface area contributed by atoms with Crippen LogP contribution < -0.4 is 20.9 Å². The van der Waals surface area contributed by atoms with E-state index in [-0.39, 0.29) is 22.9 Å². The van der Waals surface area contributed by atoms with Gasteiger partial charge in [0.25, 0.3) is 5.56 Å². The number of H-pyrrole nitrogens is 1. The Kier molecular flexibility index (Phi) is 4.18. The van der Waals surface area contributed by atoms with Gasteiger partial charge < -0.3 is 19.4 Å². The van der Waals surface area contributed by atoms with Gasteiger partial charge in [0.05, 0.1) is 17.9 Å². The molecule has 0 amide bonds. The number of halogens is 6. The molecule has 1 fully saturated rings. The van der Waals surface area contributed by atoms with Crippen LogP contribution in [0.15, 0.2) is 27.8 Å². The number of benzene rings is 1. The van der Waals surface area contributed by atoms with Crippen molar-refractivity contribution in [3.63, 3.8) is 0 Å². The molecule has 1 saturated heterocycles. The van der Waals surface area contributed by atoms with Crippen LogP contribution in [0.3, 0.4) is 0 Å². The minimum atomic E-state index is -5.02. The second-order valence-corrected chi connectivity index (χ2v) is 6.37. The number of ether oxygens (including phenoxy) is 2. The number of fused-ring (bicyclic) bond motifs is 2. The van der Waals surface area contributed by atoms with Crippen LogP contribution in [-0.2, 0) is 10.9 Å². The molecular weight excluding hydrogens is 424 g/mol. The zero-order chi connectivity index (χ0) is 22.0. The van der Waals surface area contributed by atoms with E-state index >= 15 is 0 Å². The Morgan fingerprint density at radius 1 is 1.20 bits per heavy atom. The SMILES string of the molecule is C#CCN1c2cc(-n3c(=O)cc(C(F)(F)F)[nH]c3=O)c(F)cc2OC(F)(F)C2OC21. The second-order valence-electron chi connectivity index (χ2n) is 6.37. The molecule has 0 saturated carbocycles. The predicted molar refractivity (Wildman–Crippen MR) is 88.0 cm³/mol. The summed E-state index contributed by atoms with van der Waals surface area (Å²) in [5, 5.41) is 0. The van der Waals surface area contributed by atoms with Gasteiger partial charge in [-0.25, -0.2) is 13.8 Å². The third-order valence-corrected chi connectivity index (χ3v) is 4.43. The molecule has 1 aromatic heterocycles. The maximum atomic E-state index is 14.6. The number of rotatable bonds is 2. The number of aromatic nitrogens is 2. The van der Waals surface area contributed by atoms with Crippen molar-refractivity contribution in [3.8, 4) is 23.8 Å². The van der Waals surface area contributed by atoms with Crippen molar-refractivity contribution in [3.05, 3.63) is 50.5 Å². The first-order valence-corrected chi connectivity index (χ1v) is 8.14. The summed E-state index contributed by atoms with van der Waals surface area (Å²) in [6.07, 6.45) is -6.53. The molecule has 30 heavy (non-hydrogen) atoms. The summed E-state index contributed by atoms with van der Waals surface area (Å²) in [5.41, 5.74) is -5.73. The molecule has 3 heterocycles. The maximum Gasteiger partial charge on any atom is 0.431 e. The number of alkyl halides is 5. The van der Waals surface area contributed by atoms with Gasteiger partial charge in [-0.2, -0.15) is 22.0 Å². The summed E-state index contributed by atoms with van der Waals surface area (Å²) in [7, 11) is 0. The highest BCUT2D eigenvalue weighted by atomic mass is 19.4. The Labute approximate surface area is 162 Å². The number of anilines is 1. The van der Waals surface area contributed by atoms with E-state index in [1.165, 1.54) is 4.98 Å². The summed E-state index contributed by atoms with van der Waals surface area (Å²) in [6.45, 7) is -0.281. The highest BCUT2D eigenvalue weighted by Crippen LogP contribution is 2.49. The van der Waals surface area contributed by atoms with E-state index in [9.17, 15) is 35.9 Å². The first kappa shape index (κ1) is 19.9. The van der Waals surface area contributed by atoms with Crippen LogP contribution in [-0.4, -0.2) is 34.5 Å². The smallest absolute Gasteiger partial charge is 0.428 e. The van der Waals surface area contributed by atoms with Gasteiger partial charge in [0.1, 0.15) is 5.69 Å². The fraction of sp³-hybridized carbons (Fsp3) is 0.294. The van der Waals surface area contributed by atoms with Gasteiger partial charge in [-0.15, -0.1) is 6.42 Å². The van der Waals surface area contributed by atoms with E-state index in [4.69, 9.17) is 11.2 Å². The normalized spacial score (nSPS) is 21.7. The lowest BCUT2D eigenvalue weighted by Crippen LogP contribution is -2.36. The van der Waals surface area contributed by atoms with Crippen LogP contribution >= 0.6 is 0 Å². The lowest BCUT2D eigenvalue weighted by atomic mass is 10.2. The van der Waals surface area contributed by atoms with Gasteiger partial charge in [-0.05, 0) is 6.07 Å². The minimum absolute atomic E-state index is 0.0659. The summed E-state index contributed by atoms with van der Waals surface area (Å²) < 4.78 is 90.6. The van der Waals surface area contributed by atoms with Gasteiger partial charge in [0.15, 0.2) is 17.8 Å². The highest BCUT2D eigenvalue weighted by molar-refractivity contribution is 5.66. The third-order valence-electron chi connectivity index (χ3n) is 4.43. The molecule has 158 valence electrons. The van der Waals surface area contributed by atoms with Crippen molar-refractivity contribution >= 4 is 5.69 Å². The Hall–Kier alpha value is -3.40. The number of hydrogen-bond donors (Lipinski definition) is 1. The number of epoxide rings is 1. The first-order chi connectivity index (χ1) is 13.9. The van der Waals surface area contributed by atoms with Crippen LogP contribution in [0.2, 0.25) is 0 Å². The fourth-order valence-electron chi connectivity index (χ4n) is 3.09. The van der Waals surface area contributed by atoms with Gasteiger partial charge in [0.2, 0.25) is 6.10 Å². The Morgan fingerprint density at radius 3 is 2.50 bits per heavy atom. The molecule has 4 rings (SSSR count). The fourth-order valence-corrected chi connectivity index (χ4v) is 3.09. The van der Waals surface area contributed by atoms with Crippen molar-refractivity contribution in [1.82, 2.24) is 9.55 Å². The number of hydrogen-bond acceptors (Lipinski definition) is 5. The molecule has 2 unspecified atom stereocenters. The van der Waals surface area contributed by atoms with Crippen LogP contribution in [0.25, 0.3) is 5.69 Å². The van der Waals surface area contributed by atoms with Gasteiger partial charge >= 0.3 is 18.0 Å². The molecule has 0 radical (unpaired) electrons. The zero-order valence-electron chi connectivity index (χ0n) is 14.5. The van der Waals surface area contributed by atoms with E-state index in [1.54, 1.807) is 0 Å². The standard InChI is InChI=1S/C17H9F6N3O4/c1-2-3-25-9-5-8(26-12(27)6-11(16(19,20)21)24-15(26)28)7(18)4-10(9)30-17(22,23)13-14(25)29-13/h1,4-6,13-14H,3H2,(H,24,28). The molecule has 13 heteroatoms. The van der Waals surface area contributed by atoms with Gasteiger partial charge in [-0.3, -0.25) is 4.79 Å². The van der Waals surface area contributed by atoms with E-state index in [0.29, 0.717) is 6.07 Å². The number of aromatic amines is 1. The van der Waals surface area contributed by atoms with Crippen molar-refractivity contribution in [2.24, 2.45) is 0 Å². The predicted octanol–water partition coefficient (Wildman–Crippen LogP) is 1.83. The molecule has 7 nitrogen and oxygen atoms in total. The van der Waals surface area contributed by atoms with E-state index in [1.807, 2.05) is 0 Å². The molecule has 1 aromatic carbocycles. The minimum Gasteiger partial charge on any atom is -0.428 e. The average molecular weight is 433 g/mol. The molecular formula is C17H9F6N3O4. The van der Waals surface area contributed by atoms with Crippen LogP contribution in [0.5, 0.6) is 5.75 Å². The summed E-state index contributed by atoms with van der Waals surface area (Å²) in [4.78, 5) is 26.8. The van der Waals surface area contributed by atoms with Crippen molar-refractivity contribution in [1.29, 1.82) is 0 Å². The summed E-state index contributed by atoms with van der Waals surface area (Å²) in [5.74, 6) is 0.186. The summed E-state index contributed by atoms with van der Waals surface area (Å²) in [6, 6.07) is 1.35. The molecule has 2 aromatic rings. The topological polar surface area (TPSA) is 79.9 Å². The maximum absolute atomic E-state index is 14.6. The lowest BCUT2D eigenvalue weighted by molar-refractivity contribution is -0.189. The number of nitrogens with one attached hydrogen (secondary N) is 1. The summed E-state index contributed by atoms with van der Waals surface area (Å²) >= 11 is 0. The van der Waals surface area contributed by atoms with E-state index in [2.05, 4.69) is 10.7 Å². The number of nitrogens with zero attached hydrogens (tertiary/aromatic N) is 2. The zero-order valence-corrected chi connectivity index (χ0v) is 14.5. The molecule has 2 aliphatic rings. The average Bonchev–Trinajstić information content (AvgIpc) is 3.41. The lowest BCUT2D eigenvalue weighted by Gasteiger charge is -2.23. The molecule has 0 aliphatic carbocycles. The molecule has 2 aliphatic heterocycles. The Bertz CT molecular complexity index is 1160. The van der Waals surface area contributed by atoms with E-state index in [0.717, 1.165) is 11.0 Å². The largest absolute Gasteiger partial charge is 0.431 e. The molecule has 0 spiro atoms. The molecule has 0 bridgehead atoms. The van der Waals surface area contributed by atoms with Crippen LogP contribution in [0, 0.1) is 18.2 Å². The number of terminal acetylenes is 1. The van der Waals surface area contributed by atoms with Gasteiger partial charge in [-0.1, -0.05) is 5.92 Å². The van der Waals surface area contributed by atoms with Crippen molar-refractivity contribution < 1.29 is 35.8 Å². The van der Waals surface area contributed by atoms with Gasteiger partial charge in [0, 0.05) is 12.1 Å². The highest BCUT2D eigenvalue weighted by Gasteiger charge is 2.64. The monoisotopic (exact) mass is 433 g/mol. The molecule has 1 N–H and O–H groups in total. The van der Waals surface area contributed by atoms with E-state index < -0.39 is 58.8 Å². The quantitative estimate of drug-likeness (QED) is 0.444. The molecule has 2 atom stereocenters. The third kappa shape index (κ3) is 3.09. The van der Waals surface area contributed by atoms with Crippen LogP contribution in [0.4, 0.5) is 32.0 Å². The first-order valence-electron chi connectivity index (χ1n) is 8.14. The van der Waals surface area contributed by atoms with Crippen LogP contribution in [0.1, 0.15) is 5.69 Å². The Balaban J connectivity index is 1.91. The van der Waals surface area contributed by atoms with Crippen molar-refractivity contribution in [2.75, 3.05) is 11.4 Å². The Morgan fingerprint density at radius 2 is 1.90 bits per heavy atom. The van der Waals surface area contributed by atoms with Crippen molar-refractivity contribution in [2.45, 2.75) is 24.6 Å².